The summed E-state index contributed by atoms with van der Waals surface area (Å²) < 4.78 is 13.5. The molecule has 2 aromatic carbocycles. The van der Waals surface area contributed by atoms with Crippen LogP contribution < -0.4 is 10.6 Å². The number of aryl methyl sites for hydroxylation is 2. The molecular formula is C17H19FN2O2. The molecule has 0 fully saturated rings. The van der Waals surface area contributed by atoms with E-state index in [1.165, 1.54) is 12.1 Å². The van der Waals surface area contributed by atoms with Crippen LogP contribution in [-0.4, -0.2) is 17.7 Å². The second-order valence-electron chi connectivity index (χ2n) is 5.14. The molecule has 4 nitrogen and oxygen atoms in total. The zero-order chi connectivity index (χ0) is 16.1. The summed E-state index contributed by atoms with van der Waals surface area (Å²) in [5, 5.41) is 15.2. The van der Waals surface area contributed by atoms with Crippen molar-refractivity contribution in [1.29, 1.82) is 0 Å². The van der Waals surface area contributed by atoms with E-state index < -0.39 is 18.0 Å². The van der Waals surface area contributed by atoms with Crippen LogP contribution in [0.3, 0.4) is 0 Å². The molecule has 0 saturated carbocycles. The van der Waals surface area contributed by atoms with Crippen molar-refractivity contribution in [2.75, 3.05) is 11.9 Å². The lowest BCUT2D eigenvalue weighted by Gasteiger charge is -2.15. The van der Waals surface area contributed by atoms with Crippen LogP contribution in [0.1, 0.15) is 22.8 Å². The van der Waals surface area contributed by atoms with Crippen molar-refractivity contribution in [3.8, 4) is 0 Å². The SMILES string of the molecule is Cc1cccc(C)c1NC(=O)NC[C@H](O)c1ccccc1F. The molecule has 0 bridgehead atoms. The standard InChI is InChI=1S/C17H19FN2O2/c1-11-6-5-7-12(2)16(11)20-17(22)19-10-15(21)13-8-3-4-9-14(13)18/h3-9,15,21H,10H2,1-2H3,(H2,19,20,22)/t15-/m0/s1. The lowest BCUT2D eigenvalue weighted by molar-refractivity contribution is 0.170. The Morgan fingerprint density at radius 3 is 2.41 bits per heavy atom. The lowest BCUT2D eigenvalue weighted by atomic mass is 10.1. The molecule has 5 heteroatoms. The first-order valence-electron chi connectivity index (χ1n) is 7.02. The van der Waals surface area contributed by atoms with E-state index in [-0.39, 0.29) is 12.1 Å². The Balaban J connectivity index is 1.95. The van der Waals surface area contributed by atoms with E-state index in [2.05, 4.69) is 10.6 Å². The molecule has 2 amide bonds. The summed E-state index contributed by atoms with van der Waals surface area (Å²) in [5.41, 5.74) is 2.80. The highest BCUT2D eigenvalue weighted by Crippen LogP contribution is 2.19. The molecule has 3 N–H and O–H groups in total. The summed E-state index contributed by atoms with van der Waals surface area (Å²) in [5.74, 6) is -0.494. The number of hydrogen-bond donors (Lipinski definition) is 3. The summed E-state index contributed by atoms with van der Waals surface area (Å²) in [4.78, 5) is 11.9. The van der Waals surface area contributed by atoms with Gasteiger partial charge in [-0.25, -0.2) is 9.18 Å². The third-order valence-corrected chi connectivity index (χ3v) is 3.44. The van der Waals surface area contributed by atoms with Crippen LogP contribution in [0, 0.1) is 19.7 Å². The fourth-order valence-corrected chi connectivity index (χ4v) is 2.21. The van der Waals surface area contributed by atoms with Crippen molar-refractivity contribution in [2.24, 2.45) is 0 Å². The molecule has 0 aliphatic heterocycles. The molecule has 1 atom stereocenters. The van der Waals surface area contributed by atoms with Crippen molar-refractivity contribution in [3.63, 3.8) is 0 Å². The van der Waals surface area contributed by atoms with Crippen LogP contribution in [0.2, 0.25) is 0 Å². The highest BCUT2D eigenvalue weighted by molar-refractivity contribution is 5.90. The van der Waals surface area contributed by atoms with E-state index in [1.54, 1.807) is 12.1 Å². The average Bonchev–Trinajstić information content (AvgIpc) is 2.49. The lowest BCUT2D eigenvalue weighted by Crippen LogP contribution is -2.33. The number of carbonyl (C=O) groups excluding carboxylic acids is 1. The number of para-hydroxylation sites is 1. The van der Waals surface area contributed by atoms with Gasteiger partial charge in [0.1, 0.15) is 5.82 Å². The number of hydrogen-bond acceptors (Lipinski definition) is 2. The maximum Gasteiger partial charge on any atom is 0.319 e. The average molecular weight is 302 g/mol. The second-order valence-corrected chi connectivity index (χ2v) is 5.14. The first-order chi connectivity index (χ1) is 10.5. The Labute approximate surface area is 129 Å². The molecule has 0 radical (unpaired) electrons. The third kappa shape index (κ3) is 3.83. The van der Waals surface area contributed by atoms with E-state index in [0.29, 0.717) is 0 Å². The summed E-state index contributed by atoms with van der Waals surface area (Å²) in [7, 11) is 0. The van der Waals surface area contributed by atoms with E-state index in [0.717, 1.165) is 16.8 Å². The van der Waals surface area contributed by atoms with E-state index >= 15 is 0 Å². The molecule has 0 unspecified atom stereocenters. The van der Waals surface area contributed by atoms with Gasteiger partial charge in [-0.3, -0.25) is 0 Å². The first-order valence-corrected chi connectivity index (χ1v) is 7.02. The summed E-state index contributed by atoms with van der Waals surface area (Å²) >= 11 is 0. The Hall–Kier alpha value is -2.40. The molecular weight excluding hydrogens is 283 g/mol. The van der Waals surface area contributed by atoms with Crippen molar-refractivity contribution < 1.29 is 14.3 Å². The molecule has 0 heterocycles. The van der Waals surface area contributed by atoms with Gasteiger partial charge in [-0.1, -0.05) is 36.4 Å². The number of nitrogens with one attached hydrogen (secondary N) is 2. The number of rotatable bonds is 4. The smallest absolute Gasteiger partial charge is 0.319 e. The summed E-state index contributed by atoms with van der Waals surface area (Å²) in [6.45, 7) is 3.73. The molecule has 2 rings (SSSR count). The van der Waals surface area contributed by atoms with Gasteiger partial charge in [0.15, 0.2) is 0 Å². The fourth-order valence-electron chi connectivity index (χ4n) is 2.21. The minimum atomic E-state index is -1.09. The minimum absolute atomic E-state index is 0.0717. The number of halogens is 1. The molecule has 0 saturated heterocycles. The van der Waals surface area contributed by atoms with Crippen molar-refractivity contribution in [1.82, 2.24) is 5.32 Å². The molecule has 0 aliphatic carbocycles. The quantitative estimate of drug-likeness (QED) is 0.811. The predicted molar refractivity (Wildman–Crippen MR) is 84.3 cm³/mol. The highest BCUT2D eigenvalue weighted by Gasteiger charge is 2.14. The van der Waals surface area contributed by atoms with Gasteiger partial charge in [0, 0.05) is 17.8 Å². The van der Waals surface area contributed by atoms with Gasteiger partial charge < -0.3 is 15.7 Å². The molecule has 0 aromatic heterocycles. The van der Waals surface area contributed by atoms with Crippen molar-refractivity contribution in [2.45, 2.75) is 20.0 Å². The van der Waals surface area contributed by atoms with Gasteiger partial charge in [0.2, 0.25) is 0 Å². The van der Waals surface area contributed by atoms with E-state index in [1.807, 2.05) is 32.0 Å². The molecule has 0 spiro atoms. The molecule has 0 aliphatic rings. The largest absolute Gasteiger partial charge is 0.386 e. The number of carbonyl (C=O) groups is 1. The summed E-state index contributed by atoms with van der Waals surface area (Å²) in [6, 6.07) is 11.2. The normalized spacial score (nSPS) is 11.8. The molecule has 2 aromatic rings. The number of amides is 2. The molecule has 116 valence electrons. The maximum atomic E-state index is 13.5. The maximum absolute atomic E-state index is 13.5. The Morgan fingerprint density at radius 1 is 1.14 bits per heavy atom. The number of aliphatic hydroxyl groups is 1. The Kier molecular flexibility index (Phi) is 5.12. The Morgan fingerprint density at radius 2 is 1.77 bits per heavy atom. The van der Waals surface area contributed by atoms with Gasteiger partial charge in [-0.2, -0.15) is 0 Å². The van der Waals surface area contributed by atoms with Crippen LogP contribution in [0.15, 0.2) is 42.5 Å². The van der Waals surface area contributed by atoms with Crippen molar-refractivity contribution in [3.05, 3.63) is 65.0 Å². The minimum Gasteiger partial charge on any atom is -0.386 e. The zero-order valence-corrected chi connectivity index (χ0v) is 12.6. The van der Waals surface area contributed by atoms with Gasteiger partial charge in [0.25, 0.3) is 0 Å². The van der Waals surface area contributed by atoms with Crippen LogP contribution in [-0.2, 0) is 0 Å². The number of aliphatic hydroxyl groups excluding tert-OH is 1. The van der Waals surface area contributed by atoms with Gasteiger partial charge in [-0.15, -0.1) is 0 Å². The van der Waals surface area contributed by atoms with Gasteiger partial charge >= 0.3 is 6.03 Å². The van der Waals surface area contributed by atoms with Crippen LogP contribution in [0.4, 0.5) is 14.9 Å². The number of benzene rings is 2. The topological polar surface area (TPSA) is 61.4 Å². The first kappa shape index (κ1) is 16.0. The van der Waals surface area contributed by atoms with Crippen molar-refractivity contribution >= 4 is 11.7 Å². The van der Waals surface area contributed by atoms with Crippen LogP contribution >= 0.6 is 0 Å². The summed E-state index contributed by atoms with van der Waals surface area (Å²) in [6.07, 6.45) is -1.09. The highest BCUT2D eigenvalue weighted by atomic mass is 19.1. The van der Waals surface area contributed by atoms with Crippen LogP contribution in [0.5, 0.6) is 0 Å². The van der Waals surface area contributed by atoms with E-state index in [4.69, 9.17) is 0 Å². The van der Waals surface area contributed by atoms with E-state index in [9.17, 15) is 14.3 Å². The van der Waals surface area contributed by atoms with Crippen LogP contribution in [0.25, 0.3) is 0 Å². The molecule has 22 heavy (non-hydrogen) atoms. The second kappa shape index (κ2) is 7.04. The Bertz CT molecular complexity index is 653. The third-order valence-electron chi connectivity index (χ3n) is 3.44. The van der Waals surface area contributed by atoms with Gasteiger partial charge in [0.05, 0.1) is 6.10 Å². The predicted octanol–water partition coefficient (Wildman–Crippen LogP) is 3.30. The zero-order valence-electron chi connectivity index (χ0n) is 12.6. The number of anilines is 1. The number of urea groups is 1. The fraction of sp³-hybridized carbons (Fsp3) is 0.235. The van der Waals surface area contributed by atoms with Gasteiger partial charge in [-0.05, 0) is 31.0 Å². The monoisotopic (exact) mass is 302 g/mol.